The molecule has 0 bridgehead atoms. The summed E-state index contributed by atoms with van der Waals surface area (Å²) >= 11 is 0. The molecule has 3 rings (SSSR count). The molecule has 0 radical (unpaired) electrons. The molecule has 0 atom stereocenters. The average Bonchev–Trinajstić information content (AvgIpc) is 2.54. The van der Waals surface area contributed by atoms with E-state index in [1.807, 2.05) is 12.4 Å². The molecule has 106 valence electrons. The van der Waals surface area contributed by atoms with E-state index < -0.39 is 0 Å². The van der Waals surface area contributed by atoms with Gasteiger partial charge in [-0.15, -0.1) is 0 Å². The molecule has 3 aromatic rings. The third kappa shape index (κ3) is 2.81. The molecule has 2 aromatic carbocycles. The largest absolute Gasteiger partial charge is 0.313 e. The van der Waals surface area contributed by atoms with Crippen molar-refractivity contribution in [1.29, 1.82) is 0 Å². The minimum absolute atomic E-state index is 0.913. The van der Waals surface area contributed by atoms with Crippen LogP contribution in [0, 0.1) is 6.92 Å². The van der Waals surface area contributed by atoms with Crippen LogP contribution >= 0.6 is 0 Å². The number of pyridine rings is 1. The molecular weight excluding hydrogens is 256 g/mol. The van der Waals surface area contributed by atoms with Crippen molar-refractivity contribution in [3.63, 3.8) is 0 Å². The van der Waals surface area contributed by atoms with Gasteiger partial charge in [-0.05, 0) is 53.2 Å². The van der Waals surface area contributed by atoms with Gasteiger partial charge in [0, 0.05) is 24.3 Å². The number of aromatic nitrogens is 1. The van der Waals surface area contributed by atoms with E-state index in [1.165, 1.54) is 33.0 Å². The van der Waals surface area contributed by atoms with Gasteiger partial charge in [-0.25, -0.2) is 0 Å². The first-order valence-electron chi connectivity index (χ1n) is 7.43. The van der Waals surface area contributed by atoms with Gasteiger partial charge in [-0.1, -0.05) is 37.3 Å². The Balaban J connectivity index is 2.13. The lowest BCUT2D eigenvalue weighted by atomic mass is 9.94. The molecule has 0 aliphatic rings. The number of fused-ring (bicyclic) bond motifs is 1. The van der Waals surface area contributed by atoms with Gasteiger partial charge in [0.15, 0.2) is 0 Å². The summed E-state index contributed by atoms with van der Waals surface area (Å²) in [6.45, 7) is 6.21. The fourth-order valence-corrected chi connectivity index (χ4v) is 2.70. The first-order valence-corrected chi connectivity index (χ1v) is 7.43. The third-order valence-electron chi connectivity index (χ3n) is 3.85. The molecule has 0 saturated heterocycles. The summed E-state index contributed by atoms with van der Waals surface area (Å²) in [7, 11) is 0. The van der Waals surface area contributed by atoms with Gasteiger partial charge in [-0.2, -0.15) is 0 Å². The zero-order chi connectivity index (χ0) is 14.7. The standard InChI is InChI=1S/C19H20N2/c1-3-20-12-15-8-7-14(2)19(11-15)18-6-4-5-16-13-21-10-9-17(16)18/h4-11,13,20H,3,12H2,1-2H3. The van der Waals surface area contributed by atoms with Gasteiger partial charge in [0.05, 0.1) is 0 Å². The molecule has 1 heterocycles. The fourth-order valence-electron chi connectivity index (χ4n) is 2.70. The lowest BCUT2D eigenvalue weighted by Crippen LogP contribution is -2.11. The Hall–Kier alpha value is -2.19. The van der Waals surface area contributed by atoms with Gasteiger partial charge in [0.2, 0.25) is 0 Å². The number of hydrogen-bond acceptors (Lipinski definition) is 2. The van der Waals surface area contributed by atoms with E-state index in [0.717, 1.165) is 13.1 Å². The number of hydrogen-bond donors (Lipinski definition) is 1. The molecular formula is C19H20N2. The van der Waals surface area contributed by atoms with Crippen molar-refractivity contribution >= 4 is 10.8 Å². The number of rotatable bonds is 4. The number of nitrogens with zero attached hydrogens (tertiary/aromatic N) is 1. The number of nitrogens with one attached hydrogen (secondary N) is 1. The maximum atomic E-state index is 4.22. The lowest BCUT2D eigenvalue weighted by Gasteiger charge is -2.12. The van der Waals surface area contributed by atoms with Crippen molar-refractivity contribution in [2.24, 2.45) is 0 Å². The van der Waals surface area contributed by atoms with Crippen LogP contribution in [0.3, 0.4) is 0 Å². The quantitative estimate of drug-likeness (QED) is 0.767. The predicted octanol–water partition coefficient (Wildman–Crippen LogP) is 4.32. The molecule has 0 amide bonds. The molecule has 0 fully saturated rings. The Morgan fingerprint density at radius 2 is 1.95 bits per heavy atom. The van der Waals surface area contributed by atoms with Crippen molar-refractivity contribution in [2.45, 2.75) is 20.4 Å². The van der Waals surface area contributed by atoms with Crippen molar-refractivity contribution in [2.75, 3.05) is 6.54 Å². The van der Waals surface area contributed by atoms with E-state index in [1.54, 1.807) is 0 Å². The monoisotopic (exact) mass is 276 g/mol. The van der Waals surface area contributed by atoms with E-state index in [2.05, 4.69) is 66.6 Å². The normalized spacial score (nSPS) is 11.0. The van der Waals surface area contributed by atoms with E-state index in [9.17, 15) is 0 Å². The van der Waals surface area contributed by atoms with Gasteiger partial charge in [-0.3, -0.25) is 4.98 Å². The summed E-state index contributed by atoms with van der Waals surface area (Å²) in [6.07, 6.45) is 3.79. The molecule has 1 aromatic heterocycles. The highest BCUT2D eigenvalue weighted by atomic mass is 14.8. The molecule has 0 saturated carbocycles. The third-order valence-corrected chi connectivity index (χ3v) is 3.85. The van der Waals surface area contributed by atoms with Gasteiger partial charge in [0.25, 0.3) is 0 Å². The van der Waals surface area contributed by atoms with Crippen LogP contribution in [-0.2, 0) is 6.54 Å². The molecule has 1 N–H and O–H groups in total. The molecule has 0 aliphatic heterocycles. The zero-order valence-corrected chi connectivity index (χ0v) is 12.6. The maximum Gasteiger partial charge on any atom is 0.0346 e. The Bertz CT molecular complexity index is 757. The second kappa shape index (κ2) is 6.06. The van der Waals surface area contributed by atoms with Crippen LogP contribution in [0.1, 0.15) is 18.1 Å². The van der Waals surface area contributed by atoms with E-state index in [0.29, 0.717) is 0 Å². The maximum absolute atomic E-state index is 4.22. The molecule has 0 unspecified atom stereocenters. The van der Waals surface area contributed by atoms with E-state index in [4.69, 9.17) is 0 Å². The van der Waals surface area contributed by atoms with Crippen LogP contribution in [0.4, 0.5) is 0 Å². The highest BCUT2D eigenvalue weighted by molar-refractivity contribution is 5.96. The average molecular weight is 276 g/mol. The van der Waals surface area contributed by atoms with Crippen molar-refractivity contribution in [1.82, 2.24) is 10.3 Å². The van der Waals surface area contributed by atoms with Crippen molar-refractivity contribution < 1.29 is 0 Å². The molecule has 2 heteroatoms. The first-order chi connectivity index (χ1) is 10.3. The molecule has 21 heavy (non-hydrogen) atoms. The summed E-state index contributed by atoms with van der Waals surface area (Å²) in [5, 5.41) is 5.84. The molecule has 0 spiro atoms. The van der Waals surface area contributed by atoms with E-state index in [-0.39, 0.29) is 0 Å². The lowest BCUT2D eigenvalue weighted by molar-refractivity contribution is 0.727. The van der Waals surface area contributed by atoms with Crippen molar-refractivity contribution in [3.8, 4) is 11.1 Å². The second-order valence-electron chi connectivity index (χ2n) is 5.33. The van der Waals surface area contributed by atoms with Gasteiger partial charge in [0.1, 0.15) is 0 Å². The Kier molecular flexibility index (Phi) is 3.98. The minimum atomic E-state index is 0.913. The summed E-state index contributed by atoms with van der Waals surface area (Å²) < 4.78 is 0. The number of aryl methyl sites for hydroxylation is 1. The van der Waals surface area contributed by atoms with Crippen molar-refractivity contribution in [3.05, 3.63) is 66.0 Å². The zero-order valence-electron chi connectivity index (χ0n) is 12.6. The summed E-state index contributed by atoms with van der Waals surface area (Å²) in [5.74, 6) is 0. The minimum Gasteiger partial charge on any atom is -0.313 e. The predicted molar refractivity (Wildman–Crippen MR) is 89.3 cm³/mol. The number of benzene rings is 2. The topological polar surface area (TPSA) is 24.9 Å². The SMILES string of the molecule is CCNCc1ccc(C)c(-c2cccc3cnccc23)c1. The Morgan fingerprint density at radius 3 is 2.81 bits per heavy atom. The van der Waals surface area contributed by atoms with Gasteiger partial charge < -0.3 is 5.32 Å². The Morgan fingerprint density at radius 1 is 1.05 bits per heavy atom. The van der Waals surface area contributed by atoms with Gasteiger partial charge >= 0.3 is 0 Å². The highest BCUT2D eigenvalue weighted by Gasteiger charge is 2.07. The van der Waals surface area contributed by atoms with Crippen LogP contribution in [0.25, 0.3) is 21.9 Å². The second-order valence-corrected chi connectivity index (χ2v) is 5.33. The van der Waals surface area contributed by atoms with Crippen LogP contribution < -0.4 is 5.32 Å². The van der Waals surface area contributed by atoms with Crippen LogP contribution in [-0.4, -0.2) is 11.5 Å². The molecule has 0 aliphatic carbocycles. The van der Waals surface area contributed by atoms with Crippen LogP contribution in [0.15, 0.2) is 54.9 Å². The summed E-state index contributed by atoms with van der Waals surface area (Å²) in [4.78, 5) is 4.22. The van der Waals surface area contributed by atoms with Crippen LogP contribution in [0.2, 0.25) is 0 Å². The fraction of sp³-hybridized carbons (Fsp3) is 0.211. The van der Waals surface area contributed by atoms with E-state index >= 15 is 0 Å². The van der Waals surface area contributed by atoms with Crippen LogP contribution in [0.5, 0.6) is 0 Å². The summed E-state index contributed by atoms with van der Waals surface area (Å²) in [6, 6.07) is 15.2. The summed E-state index contributed by atoms with van der Waals surface area (Å²) in [5.41, 5.74) is 5.22. The smallest absolute Gasteiger partial charge is 0.0346 e. The molecule has 2 nitrogen and oxygen atoms in total. The first kappa shape index (κ1) is 13.8. The Labute approximate surface area is 125 Å². The highest BCUT2D eigenvalue weighted by Crippen LogP contribution is 2.31.